The van der Waals surface area contributed by atoms with Crippen LogP contribution in [0.5, 0.6) is 0 Å². The van der Waals surface area contributed by atoms with Gasteiger partial charge in [-0.2, -0.15) is 0 Å². The lowest BCUT2D eigenvalue weighted by atomic mass is 10.2. The Morgan fingerprint density at radius 1 is 1.20 bits per heavy atom. The van der Waals surface area contributed by atoms with E-state index in [1.54, 1.807) is 13.2 Å². The minimum atomic E-state index is -0.365. The Morgan fingerprint density at radius 2 is 2.00 bits per heavy atom. The lowest BCUT2D eigenvalue weighted by Gasteiger charge is -2.10. The minimum absolute atomic E-state index is 0.365. The maximum absolute atomic E-state index is 11.3. The molecule has 0 saturated carbocycles. The topological polar surface area (TPSA) is 63.4 Å². The van der Waals surface area contributed by atoms with E-state index < -0.39 is 0 Å². The second-order valence-electron chi connectivity index (χ2n) is 4.33. The number of esters is 1. The van der Waals surface area contributed by atoms with Gasteiger partial charge >= 0.3 is 5.97 Å². The highest BCUT2D eigenvalue weighted by molar-refractivity contribution is 5.87. The Kier molecular flexibility index (Phi) is 4.79. The van der Waals surface area contributed by atoms with Gasteiger partial charge in [-0.15, -0.1) is 0 Å². The monoisotopic (exact) mass is 274 g/mol. The summed E-state index contributed by atoms with van der Waals surface area (Å²) >= 11 is 0. The number of methoxy groups -OCH3 is 2. The molecule has 0 bridgehead atoms. The normalized spacial score (nSPS) is 10.3. The molecule has 0 radical (unpaired) electrons. The van der Waals surface area contributed by atoms with Crippen LogP contribution in [-0.2, 0) is 22.6 Å². The van der Waals surface area contributed by atoms with Gasteiger partial charge in [-0.1, -0.05) is 18.2 Å². The Labute approximate surface area is 117 Å². The van der Waals surface area contributed by atoms with Crippen LogP contribution in [0.15, 0.2) is 36.4 Å². The average Bonchev–Trinajstić information content (AvgIpc) is 2.95. The fraction of sp³-hybridized carbons (Fsp3) is 0.267. The summed E-state index contributed by atoms with van der Waals surface area (Å²) in [6, 6.07) is 11.5. The third kappa shape index (κ3) is 3.39. The molecule has 0 aliphatic heterocycles. The van der Waals surface area contributed by atoms with E-state index in [1.807, 2.05) is 30.3 Å². The lowest BCUT2D eigenvalue weighted by molar-refractivity contribution is 0.0594. The van der Waals surface area contributed by atoms with E-state index in [-0.39, 0.29) is 5.97 Å². The summed E-state index contributed by atoms with van der Waals surface area (Å²) in [4.78, 5) is 14.4. The predicted molar refractivity (Wildman–Crippen MR) is 76.6 cm³/mol. The molecule has 0 spiro atoms. The van der Waals surface area contributed by atoms with E-state index in [1.165, 1.54) is 7.11 Å². The second-order valence-corrected chi connectivity index (χ2v) is 4.33. The van der Waals surface area contributed by atoms with Crippen LogP contribution in [0.4, 0.5) is 5.69 Å². The SMILES string of the molecule is COCc1ccccc1NCc1ccc(C(=O)OC)[nH]1. The third-order valence-corrected chi connectivity index (χ3v) is 2.94. The molecule has 2 N–H and O–H groups in total. The van der Waals surface area contributed by atoms with Crippen molar-refractivity contribution < 1.29 is 14.3 Å². The number of carbonyl (C=O) groups excluding carboxylic acids is 1. The van der Waals surface area contributed by atoms with Crippen molar-refractivity contribution in [2.75, 3.05) is 19.5 Å². The molecule has 0 atom stereocenters. The standard InChI is InChI=1S/C15H18N2O3/c1-19-10-11-5-3-4-6-13(11)16-9-12-7-8-14(17-12)15(18)20-2/h3-8,16-17H,9-10H2,1-2H3. The number of carbonyl (C=O) groups is 1. The van der Waals surface area contributed by atoms with Crippen LogP contribution < -0.4 is 5.32 Å². The van der Waals surface area contributed by atoms with Gasteiger partial charge in [0.1, 0.15) is 5.69 Å². The van der Waals surface area contributed by atoms with Gasteiger partial charge in [0.25, 0.3) is 0 Å². The first-order chi connectivity index (χ1) is 9.74. The summed E-state index contributed by atoms with van der Waals surface area (Å²) in [5.74, 6) is -0.365. The highest BCUT2D eigenvalue weighted by Crippen LogP contribution is 2.17. The van der Waals surface area contributed by atoms with E-state index in [9.17, 15) is 4.79 Å². The molecular weight excluding hydrogens is 256 g/mol. The summed E-state index contributed by atoms with van der Waals surface area (Å²) < 4.78 is 9.82. The molecule has 0 amide bonds. The number of benzene rings is 1. The van der Waals surface area contributed by atoms with Gasteiger partial charge in [0.15, 0.2) is 0 Å². The predicted octanol–water partition coefficient (Wildman–Crippen LogP) is 2.56. The number of H-pyrrole nitrogens is 1. The number of ether oxygens (including phenoxy) is 2. The zero-order valence-corrected chi connectivity index (χ0v) is 11.6. The molecule has 1 aromatic heterocycles. The van der Waals surface area contributed by atoms with Gasteiger partial charge in [-0.05, 0) is 18.2 Å². The van der Waals surface area contributed by atoms with Crippen molar-refractivity contribution in [1.29, 1.82) is 0 Å². The van der Waals surface area contributed by atoms with Crippen molar-refractivity contribution in [3.63, 3.8) is 0 Å². The smallest absolute Gasteiger partial charge is 0.354 e. The van der Waals surface area contributed by atoms with Gasteiger partial charge in [0, 0.05) is 24.1 Å². The van der Waals surface area contributed by atoms with Crippen molar-refractivity contribution in [2.45, 2.75) is 13.2 Å². The number of aromatic amines is 1. The summed E-state index contributed by atoms with van der Waals surface area (Å²) in [7, 11) is 3.03. The van der Waals surface area contributed by atoms with E-state index in [0.29, 0.717) is 18.8 Å². The maximum Gasteiger partial charge on any atom is 0.354 e. The van der Waals surface area contributed by atoms with Crippen LogP contribution in [0.25, 0.3) is 0 Å². The van der Waals surface area contributed by atoms with Crippen molar-refractivity contribution >= 4 is 11.7 Å². The fourth-order valence-electron chi connectivity index (χ4n) is 1.94. The van der Waals surface area contributed by atoms with Crippen molar-refractivity contribution in [2.24, 2.45) is 0 Å². The first-order valence-electron chi connectivity index (χ1n) is 6.31. The molecule has 1 heterocycles. The molecule has 0 fully saturated rings. The van der Waals surface area contributed by atoms with Gasteiger partial charge in [0.05, 0.1) is 20.3 Å². The first-order valence-corrected chi connectivity index (χ1v) is 6.31. The van der Waals surface area contributed by atoms with Crippen LogP contribution in [0.2, 0.25) is 0 Å². The maximum atomic E-state index is 11.3. The van der Waals surface area contributed by atoms with E-state index in [2.05, 4.69) is 15.0 Å². The van der Waals surface area contributed by atoms with Crippen LogP contribution in [0.3, 0.4) is 0 Å². The second kappa shape index (κ2) is 6.77. The van der Waals surface area contributed by atoms with Gasteiger partial charge in [0.2, 0.25) is 0 Å². The Balaban J connectivity index is 2.02. The minimum Gasteiger partial charge on any atom is -0.464 e. The number of hydrogen-bond acceptors (Lipinski definition) is 4. The summed E-state index contributed by atoms with van der Waals surface area (Å²) in [5, 5.41) is 3.32. The van der Waals surface area contributed by atoms with E-state index in [4.69, 9.17) is 4.74 Å². The first kappa shape index (κ1) is 14.1. The summed E-state index contributed by atoms with van der Waals surface area (Å²) in [6.07, 6.45) is 0. The molecule has 0 unspecified atom stereocenters. The Morgan fingerprint density at radius 3 is 2.75 bits per heavy atom. The molecule has 106 valence electrons. The van der Waals surface area contributed by atoms with Crippen molar-refractivity contribution in [3.05, 3.63) is 53.3 Å². The van der Waals surface area contributed by atoms with Gasteiger partial charge in [-0.3, -0.25) is 0 Å². The zero-order valence-electron chi connectivity index (χ0n) is 11.6. The summed E-state index contributed by atoms with van der Waals surface area (Å²) in [6.45, 7) is 1.15. The van der Waals surface area contributed by atoms with E-state index in [0.717, 1.165) is 16.9 Å². The van der Waals surface area contributed by atoms with Crippen LogP contribution in [0.1, 0.15) is 21.7 Å². The summed E-state index contributed by atoms with van der Waals surface area (Å²) in [5.41, 5.74) is 3.48. The van der Waals surface area contributed by atoms with Crippen LogP contribution >= 0.6 is 0 Å². The molecular formula is C15H18N2O3. The molecule has 1 aromatic carbocycles. The van der Waals surface area contributed by atoms with Gasteiger partial charge in [-0.25, -0.2) is 4.79 Å². The zero-order chi connectivity index (χ0) is 14.4. The highest BCUT2D eigenvalue weighted by Gasteiger charge is 2.08. The molecule has 0 saturated heterocycles. The van der Waals surface area contributed by atoms with Crippen molar-refractivity contribution in [1.82, 2.24) is 4.98 Å². The van der Waals surface area contributed by atoms with Crippen molar-refractivity contribution in [3.8, 4) is 0 Å². The lowest BCUT2D eigenvalue weighted by Crippen LogP contribution is -2.05. The van der Waals surface area contributed by atoms with Crippen LogP contribution in [0, 0.1) is 0 Å². The molecule has 20 heavy (non-hydrogen) atoms. The molecule has 0 aliphatic carbocycles. The largest absolute Gasteiger partial charge is 0.464 e. The van der Waals surface area contributed by atoms with Crippen LogP contribution in [-0.4, -0.2) is 25.2 Å². The number of nitrogens with one attached hydrogen (secondary N) is 2. The average molecular weight is 274 g/mol. The number of anilines is 1. The molecule has 5 nitrogen and oxygen atoms in total. The Bertz CT molecular complexity index is 578. The van der Waals surface area contributed by atoms with E-state index >= 15 is 0 Å². The molecule has 2 rings (SSSR count). The molecule has 2 aromatic rings. The number of para-hydroxylation sites is 1. The van der Waals surface area contributed by atoms with Gasteiger partial charge < -0.3 is 19.8 Å². The quantitative estimate of drug-likeness (QED) is 0.795. The number of aromatic nitrogens is 1. The fourth-order valence-corrected chi connectivity index (χ4v) is 1.94. The molecule has 0 aliphatic rings. The third-order valence-electron chi connectivity index (χ3n) is 2.94. The Hall–Kier alpha value is -2.27. The number of rotatable bonds is 6. The molecule has 5 heteroatoms. The number of hydrogen-bond donors (Lipinski definition) is 2. The highest BCUT2D eigenvalue weighted by atomic mass is 16.5.